The van der Waals surface area contributed by atoms with Crippen LogP contribution in [0.4, 0.5) is 14.5 Å². The molecule has 3 N–H and O–H groups in total. The molecule has 4 nitrogen and oxygen atoms in total. The molecule has 0 aliphatic rings. The SMILES string of the molecule is Cc1cc(CNS(=O)(=O)c2cc(N)cc(F)c2F)sc1C. The van der Waals surface area contributed by atoms with Crippen molar-refractivity contribution in [3.05, 3.63) is 45.2 Å². The standard InChI is InChI=1S/C13H14F2N2O2S2/c1-7-3-10(20-8(7)2)6-17-21(18,19)12-5-9(16)4-11(14)13(12)15/h3-5,17H,6,16H2,1-2H3. The zero-order valence-electron chi connectivity index (χ0n) is 11.4. The molecular formula is C13H14F2N2O2S2. The van der Waals surface area contributed by atoms with Crippen LogP contribution in [0.2, 0.25) is 0 Å². The van der Waals surface area contributed by atoms with Gasteiger partial charge in [0.2, 0.25) is 10.0 Å². The number of hydrogen-bond acceptors (Lipinski definition) is 4. The van der Waals surface area contributed by atoms with Crippen LogP contribution >= 0.6 is 11.3 Å². The molecule has 1 aromatic heterocycles. The van der Waals surface area contributed by atoms with Crippen LogP contribution in [-0.2, 0) is 16.6 Å². The van der Waals surface area contributed by atoms with Crippen LogP contribution in [0.3, 0.4) is 0 Å². The highest BCUT2D eigenvalue weighted by molar-refractivity contribution is 7.89. The van der Waals surface area contributed by atoms with Crippen molar-refractivity contribution in [2.24, 2.45) is 0 Å². The molecule has 0 spiro atoms. The zero-order chi connectivity index (χ0) is 15.8. The highest BCUT2D eigenvalue weighted by Crippen LogP contribution is 2.23. The van der Waals surface area contributed by atoms with Crippen molar-refractivity contribution in [2.45, 2.75) is 25.3 Å². The fourth-order valence-electron chi connectivity index (χ4n) is 1.76. The molecule has 2 rings (SSSR count). The largest absolute Gasteiger partial charge is 0.399 e. The van der Waals surface area contributed by atoms with E-state index in [1.807, 2.05) is 19.9 Å². The van der Waals surface area contributed by atoms with Crippen LogP contribution < -0.4 is 10.5 Å². The number of halogens is 2. The van der Waals surface area contributed by atoms with Gasteiger partial charge in [0.05, 0.1) is 0 Å². The minimum Gasteiger partial charge on any atom is -0.399 e. The smallest absolute Gasteiger partial charge is 0.244 e. The van der Waals surface area contributed by atoms with E-state index in [1.54, 1.807) is 0 Å². The summed E-state index contributed by atoms with van der Waals surface area (Å²) in [4.78, 5) is 1.08. The molecule has 21 heavy (non-hydrogen) atoms. The normalized spacial score (nSPS) is 11.8. The maximum absolute atomic E-state index is 13.6. The molecule has 0 saturated heterocycles. The Morgan fingerprint density at radius 2 is 1.90 bits per heavy atom. The van der Waals surface area contributed by atoms with Crippen molar-refractivity contribution in [1.29, 1.82) is 0 Å². The Kier molecular flexibility index (Phi) is 4.31. The van der Waals surface area contributed by atoms with Gasteiger partial charge in [-0.15, -0.1) is 11.3 Å². The molecule has 0 saturated carbocycles. The van der Waals surface area contributed by atoms with E-state index < -0.39 is 26.6 Å². The van der Waals surface area contributed by atoms with Crippen molar-refractivity contribution in [1.82, 2.24) is 4.72 Å². The number of sulfonamides is 1. The molecule has 8 heteroatoms. The number of hydrogen-bond donors (Lipinski definition) is 2. The second kappa shape index (κ2) is 5.70. The molecule has 0 radical (unpaired) electrons. The first-order valence-corrected chi connectivity index (χ1v) is 8.31. The Bertz CT molecular complexity index is 766. The van der Waals surface area contributed by atoms with Crippen LogP contribution in [0, 0.1) is 25.5 Å². The third-order valence-corrected chi connectivity index (χ3v) is 5.51. The van der Waals surface area contributed by atoms with Gasteiger partial charge in [-0.2, -0.15) is 0 Å². The van der Waals surface area contributed by atoms with Gasteiger partial charge in [-0.25, -0.2) is 21.9 Å². The van der Waals surface area contributed by atoms with Crippen LogP contribution in [-0.4, -0.2) is 8.42 Å². The molecule has 0 unspecified atom stereocenters. The third-order valence-electron chi connectivity index (χ3n) is 2.96. The summed E-state index contributed by atoms with van der Waals surface area (Å²) in [6, 6.07) is 3.48. The second-order valence-corrected chi connectivity index (χ2v) is 7.67. The number of thiophene rings is 1. The van der Waals surface area contributed by atoms with Gasteiger partial charge in [0, 0.05) is 22.0 Å². The average molecular weight is 332 g/mol. The van der Waals surface area contributed by atoms with Gasteiger partial charge < -0.3 is 5.73 Å². The van der Waals surface area contributed by atoms with E-state index in [1.165, 1.54) is 11.3 Å². The van der Waals surface area contributed by atoms with E-state index >= 15 is 0 Å². The summed E-state index contributed by atoms with van der Waals surface area (Å²) in [6.07, 6.45) is 0. The fourth-order valence-corrected chi connectivity index (χ4v) is 3.97. The summed E-state index contributed by atoms with van der Waals surface area (Å²) in [5, 5.41) is 0. The van der Waals surface area contributed by atoms with Crippen LogP contribution in [0.5, 0.6) is 0 Å². The maximum atomic E-state index is 13.6. The number of aryl methyl sites for hydroxylation is 2. The predicted octanol–water partition coefficient (Wildman–Crippen LogP) is 2.70. The lowest BCUT2D eigenvalue weighted by molar-refractivity contribution is 0.484. The van der Waals surface area contributed by atoms with Crippen LogP contribution in [0.15, 0.2) is 23.1 Å². The number of nitrogens with one attached hydrogen (secondary N) is 1. The first kappa shape index (κ1) is 15.9. The van der Waals surface area contributed by atoms with Gasteiger partial charge in [-0.05, 0) is 37.6 Å². The minimum absolute atomic E-state index is 0.0114. The fraction of sp³-hybridized carbons (Fsp3) is 0.231. The van der Waals surface area contributed by atoms with Gasteiger partial charge in [0.15, 0.2) is 11.6 Å². The van der Waals surface area contributed by atoms with Gasteiger partial charge in [0.1, 0.15) is 4.90 Å². The van der Waals surface area contributed by atoms with Gasteiger partial charge in [-0.3, -0.25) is 0 Å². The highest BCUT2D eigenvalue weighted by Gasteiger charge is 2.22. The summed E-state index contributed by atoms with van der Waals surface area (Å²) >= 11 is 1.44. The summed E-state index contributed by atoms with van der Waals surface area (Å²) in [5.74, 6) is -2.73. The lowest BCUT2D eigenvalue weighted by Crippen LogP contribution is -2.24. The Hall–Kier alpha value is -1.51. The van der Waals surface area contributed by atoms with Crippen molar-refractivity contribution in [3.63, 3.8) is 0 Å². The average Bonchev–Trinajstić information content (AvgIpc) is 2.71. The van der Waals surface area contributed by atoms with Crippen LogP contribution in [0.25, 0.3) is 0 Å². The summed E-state index contributed by atoms with van der Waals surface area (Å²) in [5.41, 5.74) is 6.25. The van der Waals surface area contributed by atoms with Crippen molar-refractivity contribution in [3.8, 4) is 0 Å². The highest BCUT2D eigenvalue weighted by atomic mass is 32.2. The first-order valence-electron chi connectivity index (χ1n) is 6.01. The zero-order valence-corrected chi connectivity index (χ0v) is 13.0. The number of rotatable bonds is 4. The number of anilines is 1. The van der Waals surface area contributed by atoms with Crippen molar-refractivity contribution in [2.75, 3.05) is 5.73 Å². The molecule has 0 aliphatic heterocycles. The van der Waals surface area contributed by atoms with E-state index in [0.717, 1.165) is 27.5 Å². The molecule has 0 aliphatic carbocycles. The monoisotopic (exact) mass is 332 g/mol. The minimum atomic E-state index is -4.18. The lowest BCUT2D eigenvalue weighted by Gasteiger charge is -2.08. The van der Waals surface area contributed by atoms with E-state index in [-0.39, 0.29) is 12.2 Å². The van der Waals surface area contributed by atoms with E-state index in [2.05, 4.69) is 4.72 Å². The molecule has 1 aromatic carbocycles. The maximum Gasteiger partial charge on any atom is 0.244 e. The first-order chi connectivity index (χ1) is 9.70. The molecule has 0 atom stereocenters. The second-order valence-electron chi connectivity index (χ2n) is 4.59. The Labute approximate surface area is 125 Å². The lowest BCUT2D eigenvalue weighted by atomic mass is 10.3. The Morgan fingerprint density at radius 3 is 2.48 bits per heavy atom. The van der Waals surface area contributed by atoms with E-state index in [4.69, 9.17) is 5.73 Å². The number of benzene rings is 1. The Morgan fingerprint density at radius 1 is 1.24 bits per heavy atom. The third kappa shape index (κ3) is 3.39. The molecule has 0 amide bonds. The number of nitrogen functional groups attached to an aromatic ring is 1. The van der Waals surface area contributed by atoms with Crippen LogP contribution in [0.1, 0.15) is 15.3 Å². The Balaban J connectivity index is 2.27. The predicted molar refractivity (Wildman–Crippen MR) is 78.6 cm³/mol. The quantitative estimate of drug-likeness (QED) is 0.846. The molecule has 1 heterocycles. The van der Waals surface area contributed by atoms with Gasteiger partial charge in [-0.1, -0.05) is 0 Å². The topological polar surface area (TPSA) is 72.2 Å². The molecule has 114 valence electrons. The van der Waals surface area contributed by atoms with Gasteiger partial charge >= 0.3 is 0 Å². The van der Waals surface area contributed by atoms with Crippen molar-refractivity contribution >= 4 is 27.0 Å². The summed E-state index contributed by atoms with van der Waals surface area (Å²) < 4.78 is 53.2. The van der Waals surface area contributed by atoms with Crippen molar-refractivity contribution < 1.29 is 17.2 Å². The summed E-state index contributed by atoms with van der Waals surface area (Å²) in [6.45, 7) is 3.85. The van der Waals surface area contributed by atoms with Gasteiger partial charge in [0.25, 0.3) is 0 Å². The number of nitrogens with two attached hydrogens (primary N) is 1. The summed E-state index contributed by atoms with van der Waals surface area (Å²) in [7, 11) is -4.18. The van der Waals surface area contributed by atoms with E-state index in [0.29, 0.717) is 0 Å². The molecule has 2 aromatic rings. The molecular weight excluding hydrogens is 318 g/mol. The molecule has 0 fully saturated rings. The molecule has 0 bridgehead atoms. The van der Waals surface area contributed by atoms with E-state index in [9.17, 15) is 17.2 Å².